The molecular formula is C14H16N4O2. The van der Waals surface area contributed by atoms with Crippen molar-refractivity contribution in [2.45, 2.75) is 32.2 Å². The predicted octanol–water partition coefficient (Wildman–Crippen LogP) is 2.23. The molecule has 1 saturated carbocycles. The highest BCUT2D eigenvalue weighted by Gasteiger charge is 2.23. The lowest BCUT2D eigenvalue weighted by Crippen LogP contribution is -2.11. The molecule has 0 spiro atoms. The maximum Gasteiger partial charge on any atom is 0.358 e. The van der Waals surface area contributed by atoms with Crippen LogP contribution in [0.4, 0.5) is 0 Å². The number of hydrogen-bond donors (Lipinski definition) is 1. The number of pyridine rings is 1. The average molecular weight is 272 g/mol. The second-order valence-corrected chi connectivity index (χ2v) is 5.17. The monoisotopic (exact) mass is 272 g/mol. The van der Waals surface area contributed by atoms with Gasteiger partial charge in [0, 0.05) is 24.5 Å². The van der Waals surface area contributed by atoms with E-state index >= 15 is 0 Å². The van der Waals surface area contributed by atoms with Crippen LogP contribution in [-0.2, 0) is 6.54 Å². The maximum absolute atomic E-state index is 11.3. The zero-order valence-corrected chi connectivity index (χ0v) is 11.1. The van der Waals surface area contributed by atoms with E-state index < -0.39 is 5.97 Å². The molecule has 0 aliphatic heterocycles. The van der Waals surface area contributed by atoms with Gasteiger partial charge in [-0.15, -0.1) is 5.10 Å². The van der Waals surface area contributed by atoms with Crippen molar-refractivity contribution >= 4 is 5.97 Å². The smallest absolute Gasteiger partial charge is 0.358 e. The standard InChI is InChI=1S/C14H16N4O2/c19-14(20)12-13(11-6-3-7-15-8-11)18(17-16-12)9-10-4-1-2-5-10/h3,6-8,10H,1-2,4-5,9H2,(H,19,20). The van der Waals surface area contributed by atoms with Crippen LogP contribution in [0.1, 0.15) is 36.2 Å². The third-order valence-electron chi connectivity index (χ3n) is 3.78. The summed E-state index contributed by atoms with van der Waals surface area (Å²) < 4.78 is 1.72. The Morgan fingerprint density at radius 1 is 1.40 bits per heavy atom. The molecule has 0 atom stereocenters. The average Bonchev–Trinajstić information content (AvgIpc) is 3.09. The van der Waals surface area contributed by atoms with Crippen molar-refractivity contribution in [1.29, 1.82) is 0 Å². The summed E-state index contributed by atoms with van der Waals surface area (Å²) in [5.41, 5.74) is 1.29. The first-order chi connectivity index (χ1) is 9.75. The van der Waals surface area contributed by atoms with Gasteiger partial charge in [-0.05, 0) is 30.9 Å². The van der Waals surface area contributed by atoms with E-state index in [1.165, 1.54) is 25.7 Å². The van der Waals surface area contributed by atoms with Crippen molar-refractivity contribution in [3.05, 3.63) is 30.2 Å². The van der Waals surface area contributed by atoms with Gasteiger partial charge in [-0.25, -0.2) is 9.48 Å². The van der Waals surface area contributed by atoms with E-state index in [0.717, 1.165) is 12.1 Å². The molecular weight excluding hydrogens is 256 g/mol. The van der Waals surface area contributed by atoms with Crippen molar-refractivity contribution in [2.75, 3.05) is 0 Å². The minimum Gasteiger partial charge on any atom is -0.476 e. The summed E-state index contributed by atoms with van der Waals surface area (Å²) in [4.78, 5) is 15.4. The van der Waals surface area contributed by atoms with Gasteiger partial charge in [-0.3, -0.25) is 4.98 Å². The van der Waals surface area contributed by atoms with E-state index in [1.807, 2.05) is 6.07 Å². The molecule has 3 rings (SSSR count). The van der Waals surface area contributed by atoms with Crippen LogP contribution in [0.3, 0.4) is 0 Å². The summed E-state index contributed by atoms with van der Waals surface area (Å²) in [6.07, 6.45) is 8.15. The van der Waals surface area contributed by atoms with E-state index in [1.54, 1.807) is 23.1 Å². The molecule has 1 N–H and O–H groups in total. The molecule has 0 aromatic carbocycles. The molecule has 0 saturated heterocycles. The Bertz CT molecular complexity index is 603. The predicted molar refractivity (Wildman–Crippen MR) is 72.2 cm³/mol. The van der Waals surface area contributed by atoms with Crippen LogP contribution in [0, 0.1) is 5.92 Å². The van der Waals surface area contributed by atoms with Gasteiger partial charge in [0.25, 0.3) is 0 Å². The van der Waals surface area contributed by atoms with Gasteiger partial charge in [0.15, 0.2) is 5.69 Å². The molecule has 0 radical (unpaired) electrons. The summed E-state index contributed by atoms with van der Waals surface area (Å²) in [5.74, 6) is -0.490. The third kappa shape index (κ3) is 2.41. The zero-order chi connectivity index (χ0) is 13.9. The number of nitrogens with zero attached hydrogens (tertiary/aromatic N) is 4. The van der Waals surface area contributed by atoms with E-state index in [0.29, 0.717) is 11.6 Å². The van der Waals surface area contributed by atoms with Gasteiger partial charge in [0.05, 0.1) is 0 Å². The summed E-state index contributed by atoms with van der Waals surface area (Å²) in [6, 6.07) is 3.62. The fourth-order valence-corrected chi connectivity index (χ4v) is 2.81. The second kappa shape index (κ2) is 5.40. The lowest BCUT2D eigenvalue weighted by molar-refractivity contribution is 0.0691. The van der Waals surface area contributed by atoms with E-state index in [9.17, 15) is 9.90 Å². The lowest BCUT2D eigenvalue weighted by atomic mass is 10.1. The van der Waals surface area contributed by atoms with Crippen LogP contribution >= 0.6 is 0 Å². The molecule has 1 aliphatic rings. The second-order valence-electron chi connectivity index (χ2n) is 5.17. The molecule has 2 heterocycles. The van der Waals surface area contributed by atoms with Gasteiger partial charge >= 0.3 is 5.97 Å². The van der Waals surface area contributed by atoms with Crippen molar-refractivity contribution in [2.24, 2.45) is 5.92 Å². The third-order valence-corrected chi connectivity index (χ3v) is 3.78. The Kier molecular flexibility index (Phi) is 3.45. The van der Waals surface area contributed by atoms with E-state index in [4.69, 9.17) is 0 Å². The first-order valence-corrected chi connectivity index (χ1v) is 6.83. The molecule has 1 aliphatic carbocycles. The molecule has 0 bridgehead atoms. The molecule has 20 heavy (non-hydrogen) atoms. The van der Waals surface area contributed by atoms with Crippen molar-refractivity contribution in [3.63, 3.8) is 0 Å². The largest absolute Gasteiger partial charge is 0.476 e. The summed E-state index contributed by atoms with van der Waals surface area (Å²) in [5, 5.41) is 17.1. The number of hydrogen-bond acceptors (Lipinski definition) is 4. The van der Waals surface area contributed by atoms with Gasteiger partial charge < -0.3 is 5.11 Å². The summed E-state index contributed by atoms with van der Waals surface area (Å²) >= 11 is 0. The van der Waals surface area contributed by atoms with Crippen molar-refractivity contribution < 1.29 is 9.90 Å². The molecule has 0 amide bonds. The molecule has 2 aromatic rings. The molecule has 1 fully saturated rings. The Morgan fingerprint density at radius 3 is 2.85 bits per heavy atom. The van der Waals surface area contributed by atoms with Gasteiger partial charge in [-0.1, -0.05) is 18.1 Å². The molecule has 6 heteroatoms. The van der Waals surface area contributed by atoms with Crippen LogP contribution < -0.4 is 0 Å². The van der Waals surface area contributed by atoms with Crippen LogP contribution in [0.2, 0.25) is 0 Å². The SMILES string of the molecule is O=C(O)c1nnn(CC2CCCC2)c1-c1cccnc1. The molecule has 104 valence electrons. The highest BCUT2D eigenvalue weighted by molar-refractivity contribution is 5.92. The van der Waals surface area contributed by atoms with Crippen LogP contribution in [0.15, 0.2) is 24.5 Å². The summed E-state index contributed by atoms with van der Waals surface area (Å²) in [6.45, 7) is 0.727. The fraction of sp³-hybridized carbons (Fsp3) is 0.429. The molecule has 6 nitrogen and oxygen atoms in total. The number of aromatic carboxylic acids is 1. The molecule has 2 aromatic heterocycles. The Balaban J connectivity index is 1.99. The number of carboxylic acid groups (broad SMARTS) is 1. The maximum atomic E-state index is 11.3. The van der Waals surface area contributed by atoms with Crippen LogP contribution in [0.5, 0.6) is 0 Å². The first kappa shape index (κ1) is 12.8. The van der Waals surface area contributed by atoms with Crippen LogP contribution in [0.25, 0.3) is 11.3 Å². The van der Waals surface area contributed by atoms with Gasteiger partial charge in [-0.2, -0.15) is 0 Å². The number of carboxylic acids is 1. The Morgan fingerprint density at radius 2 is 2.20 bits per heavy atom. The summed E-state index contributed by atoms with van der Waals surface area (Å²) in [7, 11) is 0. The number of aromatic nitrogens is 4. The molecule has 0 unspecified atom stereocenters. The highest BCUT2D eigenvalue weighted by Crippen LogP contribution is 2.29. The van der Waals surface area contributed by atoms with E-state index in [2.05, 4.69) is 15.3 Å². The fourth-order valence-electron chi connectivity index (χ4n) is 2.81. The number of rotatable bonds is 4. The van der Waals surface area contributed by atoms with Gasteiger partial charge in [0.1, 0.15) is 5.69 Å². The van der Waals surface area contributed by atoms with E-state index in [-0.39, 0.29) is 5.69 Å². The number of carbonyl (C=O) groups is 1. The Hall–Kier alpha value is -2.24. The van der Waals surface area contributed by atoms with Crippen LogP contribution in [-0.4, -0.2) is 31.1 Å². The minimum atomic E-state index is -1.05. The normalized spacial score (nSPS) is 15.6. The van der Waals surface area contributed by atoms with Crippen molar-refractivity contribution in [1.82, 2.24) is 20.0 Å². The Labute approximate surface area is 116 Å². The first-order valence-electron chi connectivity index (χ1n) is 6.83. The van der Waals surface area contributed by atoms with Crippen molar-refractivity contribution in [3.8, 4) is 11.3 Å². The highest BCUT2D eigenvalue weighted by atomic mass is 16.4. The topological polar surface area (TPSA) is 80.9 Å². The minimum absolute atomic E-state index is 0.00371. The lowest BCUT2D eigenvalue weighted by Gasteiger charge is -2.11. The van der Waals surface area contributed by atoms with Gasteiger partial charge in [0.2, 0.25) is 0 Å². The quantitative estimate of drug-likeness (QED) is 0.923. The zero-order valence-electron chi connectivity index (χ0n) is 11.1.